The maximum atomic E-state index is 12.6. The molecule has 2 fully saturated rings. The van der Waals surface area contributed by atoms with E-state index in [1.54, 1.807) is 34.1 Å². The molecule has 0 atom stereocenters. The normalized spacial score (nSPS) is 17.1. The van der Waals surface area contributed by atoms with Crippen molar-refractivity contribution in [2.24, 2.45) is 5.92 Å². The Morgan fingerprint density at radius 1 is 1.07 bits per heavy atom. The van der Waals surface area contributed by atoms with E-state index >= 15 is 0 Å². The van der Waals surface area contributed by atoms with Crippen molar-refractivity contribution in [1.29, 1.82) is 0 Å². The lowest BCUT2D eigenvalue weighted by Gasteiger charge is -2.23. The molecule has 42 heavy (non-hydrogen) atoms. The quantitative estimate of drug-likeness (QED) is 0.239. The molecule has 3 rings (SSSR count). The molecule has 1 N–H and O–H groups in total. The number of carbonyl (C=O) groups is 3. The number of likely N-dealkylation sites (tertiary alicyclic amines) is 1. The highest BCUT2D eigenvalue weighted by molar-refractivity contribution is 7.93. The van der Waals surface area contributed by atoms with Crippen molar-refractivity contribution in [2.45, 2.75) is 64.7 Å². The van der Waals surface area contributed by atoms with Crippen LogP contribution >= 0.6 is 0 Å². The van der Waals surface area contributed by atoms with Gasteiger partial charge in [-0.05, 0) is 50.2 Å². The second-order valence-electron chi connectivity index (χ2n) is 11.2. The number of urea groups is 1. The molecular formula is C31H51N5O5S. The Morgan fingerprint density at radius 3 is 2.36 bits per heavy atom. The number of nitrogens with one attached hydrogen (secondary N) is 1. The van der Waals surface area contributed by atoms with Gasteiger partial charge in [-0.25, -0.2) is 17.5 Å². The number of hydrogen-bond acceptors (Lipinski definition) is 5. The molecular weight excluding hydrogens is 554 g/mol. The monoisotopic (exact) mass is 605 g/mol. The first kappa shape index (κ1) is 35.3. The van der Waals surface area contributed by atoms with E-state index in [4.69, 9.17) is 0 Å². The summed E-state index contributed by atoms with van der Waals surface area (Å²) in [5, 5.41) is 2.87. The third-order valence-corrected chi connectivity index (χ3v) is 9.61. The molecule has 11 heteroatoms. The first-order valence-electron chi connectivity index (χ1n) is 15.2. The Balaban J connectivity index is 0.000000420. The van der Waals surface area contributed by atoms with Gasteiger partial charge in [0.25, 0.3) is 0 Å². The third kappa shape index (κ3) is 11.4. The van der Waals surface area contributed by atoms with Crippen LogP contribution in [0.2, 0.25) is 0 Å². The fraction of sp³-hybridized carbons (Fsp3) is 0.645. The smallest absolute Gasteiger partial charge is 0.317 e. The molecule has 236 valence electrons. The van der Waals surface area contributed by atoms with Gasteiger partial charge in [-0.2, -0.15) is 0 Å². The summed E-state index contributed by atoms with van der Waals surface area (Å²) in [5.41, 5.74) is 0.806. The number of carbonyl (C=O) groups excluding carboxylic acids is 3. The maximum absolute atomic E-state index is 12.6. The van der Waals surface area contributed by atoms with Crippen molar-refractivity contribution in [3.63, 3.8) is 0 Å². The molecule has 0 unspecified atom stereocenters. The van der Waals surface area contributed by atoms with Gasteiger partial charge in [0.1, 0.15) is 0 Å². The van der Waals surface area contributed by atoms with E-state index in [2.05, 4.69) is 16.8 Å². The van der Waals surface area contributed by atoms with Crippen molar-refractivity contribution in [3.8, 4) is 0 Å². The minimum atomic E-state index is -3.46. The van der Waals surface area contributed by atoms with Gasteiger partial charge in [0.2, 0.25) is 22.3 Å². The van der Waals surface area contributed by atoms with Gasteiger partial charge in [0.15, 0.2) is 0 Å². The molecule has 0 radical (unpaired) electrons. The van der Waals surface area contributed by atoms with Gasteiger partial charge >= 0.3 is 6.03 Å². The van der Waals surface area contributed by atoms with E-state index in [-0.39, 0.29) is 12.6 Å². The van der Waals surface area contributed by atoms with Crippen LogP contribution in [0.3, 0.4) is 0 Å². The van der Waals surface area contributed by atoms with E-state index in [0.717, 1.165) is 44.3 Å². The van der Waals surface area contributed by atoms with Gasteiger partial charge < -0.3 is 20.0 Å². The molecule has 2 aliphatic carbocycles. The standard InChI is InChI=1S/C21H34N4O4S.C10H17NO/c1-5-13-24(18-26)15-8-16-25(14-6-2)21(27)22-17-19-9-7-10-20(12-11-19)30(28,29)23(3)4;12-10(9-5-1-2-6-9)11-7-3-4-8-11/h6-7,9,11-12,18H,2,5,8,10,13-17H2,1,3-4H3,(H,22,27);9H,1-8H2. The Morgan fingerprint density at radius 2 is 1.76 bits per heavy atom. The molecule has 0 aromatic carbocycles. The van der Waals surface area contributed by atoms with E-state index in [1.165, 1.54) is 44.1 Å². The van der Waals surface area contributed by atoms with E-state index in [0.29, 0.717) is 55.8 Å². The fourth-order valence-electron chi connectivity index (χ4n) is 5.25. The van der Waals surface area contributed by atoms with Crippen LogP contribution in [0, 0.1) is 5.92 Å². The highest BCUT2D eigenvalue weighted by Gasteiger charge is 2.28. The van der Waals surface area contributed by atoms with Crippen molar-refractivity contribution in [1.82, 2.24) is 24.3 Å². The van der Waals surface area contributed by atoms with Gasteiger partial charge in [-0.3, -0.25) is 9.59 Å². The van der Waals surface area contributed by atoms with Crippen LogP contribution in [-0.4, -0.2) is 106 Å². The number of allylic oxidation sites excluding steroid dienone is 4. The summed E-state index contributed by atoms with van der Waals surface area (Å²) < 4.78 is 25.7. The summed E-state index contributed by atoms with van der Waals surface area (Å²) in [6.07, 6.45) is 18.5. The van der Waals surface area contributed by atoms with Crippen LogP contribution in [0.4, 0.5) is 4.79 Å². The van der Waals surface area contributed by atoms with Crippen molar-refractivity contribution in [2.75, 3.05) is 59.9 Å². The molecule has 0 spiro atoms. The van der Waals surface area contributed by atoms with E-state index in [1.807, 2.05) is 13.0 Å². The lowest BCUT2D eigenvalue weighted by molar-refractivity contribution is -0.134. The van der Waals surface area contributed by atoms with Crippen LogP contribution in [0.1, 0.15) is 64.7 Å². The van der Waals surface area contributed by atoms with Gasteiger partial charge in [0, 0.05) is 72.2 Å². The lowest BCUT2D eigenvalue weighted by Crippen LogP contribution is -2.42. The van der Waals surface area contributed by atoms with Crippen LogP contribution in [0.5, 0.6) is 0 Å². The number of hydrogen-bond donors (Lipinski definition) is 1. The average molecular weight is 606 g/mol. The fourth-order valence-corrected chi connectivity index (χ4v) is 6.27. The summed E-state index contributed by atoms with van der Waals surface area (Å²) in [6.45, 7) is 10.3. The Kier molecular flexibility index (Phi) is 15.6. The first-order chi connectivity index (χ1) is 20.1. The molecule has 10 nitrogen and oxygen atoms in total. The third-order valence-electron chi connectivity index (χ3n) is 7.68. The van der Waals surface area contributed by atoms with Gasteiger partial charge in [-0.1, -0.05) is 44.1 Å². The summed E-state index contributed by atoms with van der Waals surface area (Å²) in [4.78, 5) is 41.1. The van der Waals surface area contributed by atoms with Crippen LogP contribution in [0.15, 0.2) is 47.4 Å². The number of rotatable bonds is 14. The summed E-state index contributed by atoms with van der Waals surface area (Å²) >= 11 is 0. The van der Waals surface area contributed by atoms with Crippen molar-refractivity contribution in [3.05, 3.63) is 47.4 Å². The predicted octanol–water partition coefficient (Wildman–Crippen LogP) is 3.90. The SMILES string of the molecule is C=CCN(CCCN(C=O)CCC)C(=O)NCC1=CC=C(S(=O)(=O)N(C)C)CC=C1.O=C(C1CCCC1)N1CCCC1. The second-order valence-corrected chi connectivity index (χ2v) is 13.4. The Bertz CT molecular complexity index is 1070. The van der Waals surface area contributed by atoms with Crippen LogP contribution < -0.4 is 5.32 Å². The molecule has 1 aliphatic heterocycles. The molecule has 4 amide bonds. The topological polar surface area (TPSA) is 110 Å². The van der Waals surface area contributed by atoms with Crippen LogP contribution in [-0.2, 0) is 19.6 Å². The molecule has 1 saturated heterocycles. The zero-order valence-electron chi connectivity index (χ0n) is 25.8. The largest absolute Gasteiger partial charge is 0.345 e. The number of nitrogens with zero attached hydrogens (tertiary/aromatic N) is 4. The highest BCUT2D eigenvalue weighted by atomic mass is 32.2. The molecule has 1 heterocycles. The molecule has 0 bridgehead atoms. The zero-order valence-corrected chi connectivity index (χ0v) is 26.6. The van der Waals surface area contributed by atoms with Gasteiger partial charge in [-0.15, -0.1) is 6.58 Å². The summed E-state index contributed by atoms with van der Waals surface area (Å²) in [5.74, 6) is 0.841. The van der Waals surface area contributed by atoms with Crippen LogP contribution in [0.25, 0.3) is 0 Å². The Hall–Kier alpha value is -2.92. The van der Waals surface area contributed by atoms with Crippen molar-refractivity contribution < 1.29 is 22.8 Å². The average Bonchev–Trinajstić information content (AvgIpc) is 3.67. The zero-order chi connectivity index (χ0) is 31.0. The second kappa shape index (κ2) is 18.6. The van der Waals surface area contributed by atoms with Gasteiger partial charge in [0.05, 0.1) is 4.91 Å². The first-order valence-corrected chi connectivity index (χ1v) is 16.7. The maximum Gasteiger partial charge on any atom is 0.317 e. The highest BCUT2D eigenvalue weighted by Crippen LogP contribution is 2.27. The predicted molar refractivity (Wildman–Crippen MR) is 168 cm³/mol. The number of sulfonamides is 1. The molecule has 3 aliphatic rings. The van der Waals surface area contributed by atoms with Crippen molar-refractivity contribution >= 4 is 28.4 Å². The minimum Gasteiger partial charge on any atom is -0.345 e. The molecule has 0 aromatic heterocycles. The summed E-state index contributed by atoms with van der Waals surface area (Å²) in [6, 6.07) is -0.230. The van der Waals surface area contributed by atoms with E-state index in [9.17, 15) is 22.8 Å². The molecule has 1 saturated carbocycles. The Labute approximate surface area is 253 Å². The number of amides is 4. The molecule has 0 aromatic rings. The van der Waals surface area contributed by atoms with E-state index < -0.39 is 10.0 Å². The summed E-state index contributed by atoms with van der Waals surface area (Å²) in [7, 11) is -0.459. The minimum absolute atomic E-state index is 0.230. The lowest BCUT2D eigenvalue weighted by atomic mass is 10.1.